The first-order valence-electron chi connectivity index (χ1n) is 8.34. The van der Waals surface area contributed by atoms with Gasteiger partial charge in [-0.15, -0.1) is 0 Å². The van der Waals surface area contributed by atoms with Crippen LogP contribution in [0.1, 0.15) is 25.7 Å². The number of urea groups is 1. The minimum atomic E-state index is -0.560. The number of amides is 4. The Hall–Kier alpha value is -1.28. The fourth-order valence-electron chi connectivity index (χ4n) is 3.51. The summed E-state index contributed by atoms with van der Waals surface area (Å²) in [7, 11) is 0. The van der Waals surface area contributed by atoms with Crippen LogP contribution in [0, 0.1) is 0 Å². The Labute approximate surface area is 140 Å². The lowest BCUT2D eigenvalue weighted by Crippen LogP contribution is -2.49. The van der Waals surface area contributed by atoms with Crippen LogP contribution >= 0.6 is 11.8 Å². The fraction of sp³-hybridized carbons (Fsp3) is 0.800. The van der Waals surface area contributed by atoms with Gasteiger partial charge in [0.05, 0.1) is 0 Å². The number of nitrogens with one attached hydrogen (secondary N) is 2. The molecule has 4 amide bonds. The number of carbonyl (C=O) groups is 3. The van der Waals surface area contributed by atoms with Crippen molar-refractivity contribution in [2.75, 3.05) is 37.7 Å². The van der Waals surface area contributed by atoms with E-state index in [0.717, 1.165) is 25.9 Å². The first-order chi connectivity index (χ1) is 11.1. The highest BCUT2D eigenvalue weighted by atomic mass is 32.2. The molecule has 0 aromatic rings. The molecule has 3 saturated heterocycles. The zero-order chi connectivity index (χ0) is 16.2. The van der Waals surface area contributed by atoms with Crippen molar-refractivity contribution in [2.24, 2.45) is 0 Å². The number of imide groups is 1. The fourth-order valence-corrected chi connectivity index (χ4v) is 4.44. The van der Waals surface area contributed by atoms with Gasteiger partial charge < -0.3 is 10.2 Å². The number of thioether (sulfide) groups is 1. The van der Waals surface area contributed by atoms with Crippen LogP contribution in [0.3, 0.4) is 0 Å². The number of rotatable bonds is 4. The quantitative estimate of drug-likeness (QED) is 0.705. The summed E-state index contributed by atoms with van der Waals surface area (Å²) in [5.74, 6) is 2.19. The van der Waals surface area contributed by atoms with Crippen molar-refractivity contribution in [3.8, 4) is 0 Å². The summed E-state index contributed by atoms with van der Waals surface area (Å²) in [6.45, 7) is 3.94. The molecule has 0 aromatic carbocycles. The minimum Gasteiger partial charge on any atom is -0.343 e. The van der Waals surface area contributed by atoms with Gasteiger partial charge in [0.1, 0.15) is 6.04 Å². The van der Waals surface area contributed by atoms with E-state index in [1.54, 1.807) is 0 Å². The number of nitrogens with zero attached hydrogens (tertiary/aromatic N) is 2. The minimum absolute atomic E-state index is 0.0894. The summed E-state index contributed by atoms with van der Waals surface area (Å²) >= 11 is 2.02. The van der Waals surface area contributed by atoms with E-state index in [-0.39, 0.29) is 11.8 Å². The standard InChI is InChI=1S/C15H24N4O3S/c20-13(2-1-12-14(21)17-15(22)16-12)19-5-3-11(4-6-19)18-7-9-23-10-8-18/h11-12H,1-10H2,(H2,16,17,21,22)/t12-/m0/s1. The Balaban J connectivity index is 1.39. The predicted octanol–water partition coefficient (Wildman–Crippen LogP) is 0.0144. The molecule has 2 N–H and O–H groups in total. The first-order valence-corrected chi connectivity index (χ1v) is 9.50. The van der Waals surface area contributed by atoms with E-state index >= 15 is 0 Å². The van der Waals surface area contributed by atoms with Crippen LogP contribution in [0.2, 0.25) is 0 Å². The molecule has 8 heteroatoms. The van der Waals surface area contributed by atoms with E-state index in [1.807, 2.05) is 16.7 Å². The van der Waals surface area contributed by atoms with Gasteiger partial charge in [0, 0.05) is 50.1 Å². The molecule has 23 heavy (non-hydrogen) atoms. The second-order valence-electron chi connectivity index (χ2n) is 6.31. The number of carbonyl (C=O) groups excluding carboxylic acids is 3. The average molecular weight is 340 g/mol. The zero-order valence-electron chi connectivity index (χ0n) is 13.3. The molecule has 3 fully saturated rings. The molecule has 7 nitrogen and oxygen atoms in total. The number of likely N-dealkylation sites (tertiary alicyclic amines) is 1. The number of hydrogen-bond acceptors (Lipinski definition) is 5. The Morgan fingerprint density at radius 2 is 1.83 bits per heavy atom. The molecule has 0 bridgehead atoms. The maximum Gasteiger partial charge on any atom is 0.322 e. The topological polar surface area (TPSA) is 81.8 Å². The Morgan fingerprint density at radius 3 is 2.43 bits per heavy atom. The average Bonchev–Trinajstić information content (AvgIpc) is 2.91. The van der Waals surface area contributed by atoms with E-state index in [4.69, 9.17) is 0 Å². The van der Waals surface area contributed by atoms with Crippen LogP contribution in [-0.4, -0.2) is 77.4 Å². The highest BCUT2D eigenvalue weighted by molar-refractivity contribution is 7.99. The summed E-state index contributed by atoms with van der Waals surface area (Å²) in [6, 6.07) is -0.414. The Morgan fingerprint density at radius 1 is 1.13 bits per heavy atom. The van der Waals surface area contributed by atoms with Crippen molar-refractivity contribution in [3.63, 3.8) is 0 Å². The molecular weight excluding hydrogens is 316 g/mol. The van der Waals surface area contributed by atoms with Crippen LogP contribution in [0.5, 0.6) is 0 Å². The lowest BCUT2D eigenvalue weighted by Gasteiger charge is -2.40. The van der Waals surface area contributed by atoms with E-state index in [1.165, 1.54) is 24.6 Å². The summed E-state index contributed by atoms with van der Waals surface area (Å²) < 4.78 is 0. The molecule has 0 saturated carbocycles. The van der Waals surface area contributed by atoms with E-state index in [9.17, 15) is 14.4 Å². The summed E-state index contributed by atoms with van der Waals surface area (Å²) in [5, 5.41) is 4.72. The summed E-state index contributed by atoms with van der Waals surface area (Å²) in [6.07, 6.45) is 2.76. The molecule has 0 spiro atoms. The molecule has 0 aliphatic carbocycles. The van der Waals surface area contributed by atoms with Gasteiger partial charge in [-0.25, -0.2) is 4.79 Å². The van der Waals surface area contributed by atoms with E-state index in [0.29, 0.717) is 18.9 Å². The third-order valence-electron chi connectivity index (χ3n) is 4.88. The van der Waals surface area contributed by atoms with E-state index in [2.05, 4.69) is 15.5 Å². The smallest absolute Gasteiger partial charge is 0.322 e. The Bertz CT molecular complexity index is 473. The van der Waals surface area contributed by atoms with Gasteiger partial charge in [0.25, 0.3) is 5.91 Å². The summed E-state index contributed by atoms with van der Waals surface area (Å²) in [4.78, 5) is 39.3. The third-order valence-corrected chi connectivity index (χ3v) is 5.83. The molecule has 0 aromatic heterocycles. The molecule has 0 unspecified atom stereocenters. The summed E-state index contributed by atoms with van der Waals surface area (Å²) in [5.41, 5.74) is 0. The SMILES string of the molecule is O=C1NC(=O)[C@H](CCC(=O)N2CCC(N3CCSCC3)CC2)N1. The van der Waals surface area contributed by atoms with Gasteiger partial charge in [-0.05, 0) is 19.3 Å². The first kappa shape index (κ1) is 16.6. The maximum absolute atomic E-state index is 12.3. The van der Waals surface area contributed by atoms with Crippen LogP contribution in [0.25, 0.3) is 0 Å². The molecule has 1 atom stereocenters. The van der Waals surface area contributed by atoms with Crippen molar-refractivity contribution in [2.45, 2.75) is 37.8 Å². The van der Waals surface area contributed by atoms with Crippen LogP contribution in [0.4, 0.5) is 4.79 Å². The maximum atomic E-state index is 12.3. The Kier molecular flexibility index (Phi) is 5.42. The molecule has 3 aliphatic rings. The van der Waals surface area contributed by atoms with Gasteiger partial charge in [-0.1, -0.05) is 0 Å². The lowest BCUT2D eigenvalue weighted by atomic mass is 10.0. The second-order valence-corrected chi connectivity index (χ2v) is 7.54. The zero-order valence-corrected chi connectivity index (χ0v) is 14.1. The van der Waals surface area contributed by atoms with Crippen molar-refractivity contribution in [3.05, 3.63) is 0 Å². The lowest BCUT2D eigenvalue weighted by molar-refractivity contribution is -0.133. The van der Waals surface area contributed by atoms with Gasteiger partial charge >= 0.3 is 6.03 Å². The molecule has 3 heterocycles. The van der Waals surface area contributed by atoms with Gasteiger partial charge in [0.2, 0.25) is 5.91 Å². The van der Waals surface area contributed by atoms with Crippen molar-refractivity contribution < 1.29 is 14.4 Å². The normalized spacial score (nSPS) is 27.0. The molecule has 3 aliphatic heterocycles. The van der Waals surface area contributed by atoms with Crippen LogP contribution in [-0.2, 0) is 9.59 Å². The van der Waals surface area contributed by atoms with Crippen molar-refractivity contribution in [1.29, 1.82) is 0 Å². The van der Waals surface area contributed by atoms with Crippen molar-refractivity contribution >= 4 is 29.6 Å². The van der Waals surface area contributed by atoms with Gasteiger partial charge in [0.15, 0.2) is 0 Å². The van der Waals surface area contributed by atoms with Gasteiger partial charge in [-0.2, -0.15) is 11.8 Å². The van der Waals surface area contributed by atoms with Crippen LogP contribution < -0.4 is 10.6 Å². The monoisotopic (exact) mass is 340 g/mol. The largest absolute Gasteiger partial charge is 0.343 e. The van der Waals surface area contributed by atoms with E-state index < -0.39 is 12.1 Å². The van der Waals surface area contributed by atoms with Crippen LogP contribution in [0.15, 0.2) is 0 Å². The third kappa shape index (κ3) is 4.17. The number of hydrogen-bond donors (Lipinski definition) is 2. The number of piperidine rings is 1. The molecular formula is C15H24N4O3S. The second kappa shape index (κ2) is 7.53. The molecule has 0 radical (unpaired) electrons. The van der Waals surface area contributed by atoms with Gasteiger partial charge in [-0.3, -0.25) is 19.8 Å². The highest BCUT2D eigenvalue weighted by Gasteiger charge is 2.31. The predicted molar refractivity (Wildman–Crippen MR) is 88.2 cm³/mol. The van der Waals surface area contributed by atoms with Crippen molar-refractivity contribution in [1.82, 2.24) is 20.4 Å². The highest BCUT2D eigenvalue weighted by Crippen LogP contribution is 2.21. The molecule has 128 valence electrons. The molecule has 3 rings (SSSR count).